The summed E-state index contributed by atoms with van der Waals surface area (Å²) in [5.41, 5.74) is 7.20. The number of primary amides is 1. The summed E-state index contributed by atoms with van der Waals surface area (Å²) in [6.45, 7) is 1.89. The highest BCUT2D eigenvalue weighted by atomic mass is 19.4. The Labute approximate surface area is 187 Å². The standard InChI is InChI=1S/C23H22F4N4O2/c1-13-7-15(3-4-19(13)22(33)29-6-5-21(28)32)20-12-18(30-31(20)2)10-14-8-16(23(25,26)27)11-17(24)9-14/h3-4,7-9,11-12H,5-6,10H2,1-2H3,(H2,28,32)(H,29,33). The quantitative estimate of drug-likeness (QED) is 0.524. The number of carbonyl (C=O) groups excluding carboxylic acids is 2. The number of hydrogen-bond acceptors (Lipinski definition) is 3. The van der Waals surface area contributed by atoms with E-state index in [0.29, 0.717) is 28.6 Å². The zero-order chi connectivity index (χ0) is 24.3. The van der Waals surface area contributed by atoms with Crippen LogP contribution in [0.25, 0.3) is 11.3 Å². The van der Waals surface area contributed by atoms with Gasteiger partial charge in [-0.3, -0.25) is 14.3 Å². The van der Waals surface area contributed by atoms with Gasteiger partial charge >= 0.3 is 6.18 Å². The minimum atomic E-state index is -4.64. The molecular weight excluding hydrogens is 440 g/mol. The van der Waals surface area contributed by atoms with Crippen molar-refractivity contribution in [2.75, 3.05) is 6.54 Å². The fraction of sp³-hybridized carbons (Fsp3) is 0.261. The van der Waals surface area contributed by atoms with Gasteiger partial charge in [0, 0.05) is 37.6 Å². The fourth-order valence-corrected chi connectivity index (χ4v) is 3.48. The summed E-state index contributed by atoms with van der Waals surface area (Å²) in [7, 11) is 1.69. The Hall–Kier alpha value is -3.69. The summed E-state index contributed by atoms with van der Waals surface area (Å²) in [6.07, 6.45) is -4.58. The predicted molar refractivity (Wildman–Crippen MR) is 114 cm³/mol. The number of hydrogen-bond donors (Lipinski definition) is 2. The summed E-state index contributed by atoms with van der Waals surface area (Å²) < 4.78 is 54.2. The number of rotatable bonds is 7. The van der Waals surface area contributed by atoms with E-state index in [2.05, 4.69) is 10.4 Å². The van der Waals surface area contributed by atoms with Crippen LogP contribution < -0.4 is 11.1 Å². The molecule has 2 amide bonds. The monoisotopic (exact) mass is 462 g/mol. The molecule has 0 atom stereocenters. The summed E-state index contributed by atoms with van der Waals surface area (Å²) >= 11 is 0. The molecule has 0 unspecified atom stereocenters. The van der Waals surface area contributed by atoms with Gasteiger partial charge in [-0.1, -0.05) is 6.07 Å². The van der Waals surface area contributed by atoms with Gasteiger partial charge in [-0.2, -0.15) is 18.3 Å². The largest absolute Gasteiger partial charge is 0.416 e. The molecule has 0 aliphatic rings. The smallest absolute Gasteiger partial charge is 0.370 e. The third-order valence-electron chi connectivity index (χ3n) is 5.02. The van der Waals surface area contributed by atoms with E-state index in [4.69, 9.17) is 5.73 Å². The Morgan fingerprint density at radius 1 is 1.12 bits per heavy atom. The molecule has 1 heterocycles. The molecule has 0 spiro atoms. The lowest BCUT2D eigenvalue weighted by molar-refractivity contribution is -0.137. The number of halogens is 4. The van der Waals surface area contributed by atoms with Gasteiger partial charge in [-0.05, 0) is 54.4 Å². The van der Waals surface area contributed by atoms with E-state index < -0.39 is 23.5 Å². The van der Waals surface area contributed by atoms with Gasteiger partial charge < -0.3 is 11.1 Å². The molecule has 0 bridgehead atoms. The first-order valence-corrected chi connectivity index (χ1v) is 10.0. The van der Waals surface area contributed by atoms with E-state index in [0.717, 1.165) is 17.7 Å². The molecule has 0 fully saturated rings. The van der Waals surface area contributed by atoms with Gasteiger partial charge in [0.25, 0.3) is 5.91 Å². The maximum atomic E-state index is 13.7. The maximum absolute atomic E-state index is 13.7. The number of alkyl halides is 3. The van der Waals surface area contributed by atoms with Gasteiger partial charge in [0.05, 0.1) is 17.0 Å². The van der Waals surface area contributed by atoms with Crippen LogP contribution in [0.3, 0.4) is 0 Å². The highest BCUT2D eigenvalue weighted by Crippen LogP contribution is 2.31. The van der Waals surface area contributed by atoms with Crippen LogP contribution in [0.2, 0.25) is 0 Å². The highest BCUT2D eigenvalue weighted by Gasteiger charge is 2.31. The Bertz CT molecular complexity index is 1200. The van der Waals surface area contributed by atoms with Crippen molar-refractivity contribution in [3.8, 4) is 11.3 Å². The molecule has 6 nitrogen and oxygen atoms in total. The lowest BCUT2D eigenvalue weighted by atomic mass is 10.0. The second-order valence-corrected chi connectivity index (χ2v) is 7.67. The van der Waals surface area contributed by atoms with E-state index in [-0.39, 0.29) is 30.9 Å². The number of nitrogens with zero attached hydrogens (tertiary/aromatic N) is 2. The van der Waals surface area contributed by atoms with E-state index in [1.165, 1.54) is 0 Å². The Kier molecular flexibility index (Phi) is 6.85. The topological polar surface area (TPSA) is 90.0 Å². The number of nitrogens with one attached hydrogen (secondary N) is 1. The number of amides is 2. The van der Waals surface area contributed by atoms with E-state index >= 15 is 0 Å². The molecule has 0 aliphatic heterocycles. The van der Waals surface area contributed by atoms with Gasteiger partial charge in [0.15, 0.2) is 0 Å². The van der Waals surface area contributed by atoms with Crippen molar-refractivity contribution < 1.29 is 27.2 Å². The van der Waals surface area contributed by atoms with Crippen molar-refractivity contribution in [1.29, 1.82) is 0 Å². The second-order valence-electron chi connectivity index (χ2n) is 7.67. The van der Waals surface area contributed by atoms with Crippen LogP contribution in [0.1, 0.15) is 39.2 Å². The molecule has 3 aromatic rings. The molecule has 33 heavy (non-hydrogen) atoms. The van der Waals surface area contributed by atoms with Crippen molar-refractivity contribution in [2.45, 2.75) is 25.9 Å². The summed E-state index contributed by atoms with van der Waals surface area (Å²) in [5.74, 6) is -1.81. The van der Waals surface area contributed by atoms with Crippen LogP contribution in [0.5, 0.6) is 0 Å². The van der Waals surface area contributed by atoms with Crippen LogP contribution in [0.4, 0.5) is 17.6 Å². The SMILES string of the molecule is Cc1cc(-c2cc(Cc3cc(F)cc(C(F)(F)F)c3)nn2C)ccc1C(=O)NCCC(N)=O. The number of carbonyl (C=O) groups is 2. The minimum absolute atomic E-state index is 0.0218. The lowest BCUT2D eigenvalue weighted by Gasteiger charge is -2.09. The first kappa shape index (κ1) is 24.0. The number of benzene rings is 2. The minimum Gasteiger partial charge on any atom is -0.370 e. The summed E-state index contributed by atoms with van der Waals surface area (Å²) in [5, 5.41) is 6.96. The molecule has 1 aromatic heterocycles. The molecule has 10 heteroatoms. The van der Waals surface area contributed by atoms with Crippen molar-refractivity contribution in [3.05, 3.63) is 76.2 Å². The molecular formula is C23H22F4N4O2. The first-order valence-electron chi connectivity index (χ1n) is 10.0. The van der Waals surface area contributed by atoms with Crippen molar-refractivity contribution in [2.24, 2.45) is 12.8 Å². The first-order chi connectivity index (χ1) is 15.4. The van der Waals surface area contributed by atoms with Crippen LogP contribution in [0.15, 0.2) is 42.5 Å². The number of nitrogens with two attached hydrogens (primary N) is 1. The van der Waals surface area contributed by atoms with E-state index in [9.17, 15) is 27.2 Å². The van der Waals surface area contributed by atoms with Crippen LogP contribution in [0, 0.1) is 12.7 Å². The van der Waals surface area contributed by atoms with Crippen molar-refractivity contribution in [3.63, 3.8) is 0 Å². The van der Waals surface area contributed by atoms with Gasteiger partial charge in [-0.25, -0.2) is 4.39 Å². The predicted octanol–water partition coefficient (Wildman–Crippen LogP) is 3.75. The maximum Gasteiger partial charge on any atom is 0.416 e. The zero-order valence-corrected chi connectivity index (χ0v) is 18.0. The highest BCUT2D eigenvalue weighted by molar-refractivity contribution is 5.96. The molecule has 2 aromatic carbocycles. The number of aryl methyl sites for hydroxylation is 2. The summed E-state index contributed by atoms with van der Waals surface area (Å²) in [4.78, 5) is 23.1. The zero-order valence-electron chi connectivity index (χ0n) is 18.0. The third-order valence-corrected chi connectivity index (χ3v) is 5.02. The third kappa shape index (κ3) is 5.97. The van der Waals surface area contributed by atoms with Gasteiger partial charge in [0.1, 0.15) is 5.82 Å². The molecule has 0 saturated carbocycles. The van der Waals surface area contributed by atoms with Crippen LogP contribution >= 0.6 is 0 Å². The summed E-state index contributed by atoms with van der Waals surface area (Å²) in [6, 6.07) is 9.28. The fourth-order valence-electron chi connectivity index (χ4n) is 3.48. The van der Waals surface area contributed by atoms with Crippen molar-refractivity contribution >= 4 is 11.8 Å². The van der Waals surface area contributed by atoms with Gasteiger partial charge in [-0.15, -0.1) is 0 Å². The van der Waals surface area contributed by atoms with E-state index in [1.807, 2.05) is 0 Å². The lowest BCUT2D eigenvalue weighted by Crippen LogP contribution is -2.28. The molecule has 3 rings (SSSR count). The molecule has 0 saturated heterocycles. The Balaban J connectivity index is 1.81. The van der Waals surface area contributed by atoms with E-state index in [1.54, 1.807) is 42.9 Å². The second kappa shape index (κ2) is 9.43. The normalized spacial score (nSPS) is 11.5. The molecule has 174 valence electrons. The van der Waals surface area contributed by atoms with Crippen LogP contribution in [-0.2, 0) is 24.4 Å². The molecule has 0 radical (unpaired) electrons. The van der Waals surface area contributed by atoms with Crippen molar-refractivity contribution in [1.82, 2.24) is 15.1 Å². The Morgan fingerprint density at radius 2 is 1.85 bits per heavy atom. The van der Waals surface area contributed by atoms with Crippen LogP contribution in [-0.4, -0.2) is 28.1 Å². The number of aromatic nitrogens is 2. The Morgan fingerprint density at radius 3 is 2.48 bits per heavy atom. The average Bonchev–Trinajstić information content (AvgIpc) is 3.06. The molecule has 3 N–H and O–H groups in total. The molecule has 0 aliphatic carbocycles. The van der Waals surface area contributed by atoms with Gasteiger partial charge in [0.2, 0.25) is 5.91 Å². The average molecular weight is 462 g/mol.